The van der Waals surface area contributed by atoms with Gasteiger partial charge in [0.15, 0.2) is 0 Å². The van der Waals surface area contributed by atoms with E-state index in [-0.39, 0.29) is 0 Å². The number of rotatable bonds is 2. The standard InChI is InChI=1S/C24H15N3/c1-2-5-16(6-3-1)21-15-27(26-25-21)22-14-12-19-10-9-17-7-4-8-18-11-13-20(22)24(19)23(17)18/h1-15H. The number of aromatic nitrogens is 3. The normalized spacial score (nSPS) is 11.7. The van der Waals surface area contributed by atoms with Crippen LogP contribution in [0.15, 0.2) is 91.1 Å². The van der Waals surface area contributed by atoms with Crippen LogP contribution < -0.4 is 0 Å². The van der Waals surface area contributed by atoms with Gasteiger partial charge in [0.25, 0.3) is 0 Å². The molecule has 0 radical (unpaired) electrons. The molecule has 3 heteroatoms. The SMILES string of the molecule is c1ccc(-c2cn(-c3ccc4ccc5cccc6ccc3c4c56)nn2)cc1. The monoisotopic (exact) mass is 345 g/mol. The summed E-state index contributed by atoms with van der Waals surface area (Å²) in [5, 5.41) is 16.4. The van der Waals surface area contributed by atoms with Crippen LogP contribution in [0.1, 0.15) is 0 Å². The molecule has 0 saturated carbocycles. The summed E-state index contributed by atoms with van der Waals surface area (Å²) in [5.74, 6) is 0. The maximum absolute atomic E-state index is 4.41. The summed E-state index contributed by atoms with van der Waals surface area (Å²) in [6.45, 7) is 0. The van der Waals surface area contributed by atoms with E-state index in [2.05, 4.69) is 77.0 Å². The lowest BCUT2D eigenvalue weighted by Crippen LogP contribution is -1.97. The lowest BCUT2D eigenvalue weighted by atomic mass is 9.93. The van der Waals surface area contributed by atoms with Gasteiger partial charge in [0.2, 0.25) is 0 Å². The van der Waals surface area contributed by atoms with E-state index >= 15 is 0 Å². The van der Waals surface area contributed by atoms with Crippen LogP contribution >= 0.6 is 0 Å². The second kappa shape index (κ2) is 5.39. The van der Waals surface area contributed by atoms with Crippen LogP contribution in [0, 0.1) is 0 Å². The fraction of sp³-hybridized carbons (Fsp3) is 0. The number of hydrogen-bond donors (Lipinski definition) is 0. The van der Waals surface area contributed by atoms with Gasteiger partial charge in [-0.3, -0.25) is 0 Å². The van der Waals surface area contributed by atoms with Gasteiger partial charge in [-0.2, -0.15) is 0 Å². The zero-order valence-electron chi connectivity index (χ0n) is 14.5. The molecule has 0 aliphatic carbocycles. The van der Waals surface area contributed by atoms with Crippen molar-refractivity contribution in [2.45, 2.75) is 0 Å². The Morgan fingerprint density at radius 2 is 1.30 bits per heavy atom. The first-order valence-corrected chi connectivity index (χ1v) is 9.03. The molecule has 0 aliphatic rings. The lowest BCUT2D eigenvalue weighted by molar-refractivity contribution is 0.809. The predicted molar refractivity (Wildman–Crippen MR) is 110 cm³/mol. The second-order valence-corrected chi connectivity index (χ2v) is 6.86. The molecule has 6 aromatic rings. The second-order valence-electron chi connectivity index (χ2n) is 6.86. The molecule has 0 spiro atoms. The third-order valence-electron chi connectivity index (χ3n) is 5.32. The van der Waals surface area contributed by atoms with Crippen LogP contribution in [0.5, 0.6) is 0 Å². The van der Waals surface area contributed by atoms with Crippen LogP contribution in [-0.2, 0) is 0 Å². The number of hydrogen-bond acceptors (Lipinski definition) is 2. The van der Waals surface area contributed by atoms with Gasteiger partial charge in [-0.25, -0.2) is 4.68 Å². The van der Waals surface area contributed by atoms with Gasteiger partial charge in [0.05, 0.1) is 11.9 Å². The van der Waals surface area contributed by atoms with E-state index in [1.807, 2.05) is 29.1 Å². The van der Waals surface area contributed by atoms with Crippen LogP contribution in [-0.4, -0.2) is 15.0 Å². The molecule has 1 aromatic heterocycles. The Morgan fingerprint density at radius 3 is 2.11 bits per heavy atom. The lowest BCUT2D eigenvalue weighted by Gasteiger charge is -2.13. The van der Waals surface area contributed by atoms with Crippen molar-refractivity contribution in [3.8, 4) is 16.9 Å². The molecule has 0 unspecified atom stereocenters. The Balaban J connectivity index is 1.64. The van der Waals surface area contributed by atoms with Gasteiger partial charge in [-0.05, 0) is 33.0 Å². The third-order valence-corrected chi connectivity index (χ3v) is 5.32. The fourth-order valence-corrected chi connectivity index (χ4v) is 4.04. The Kier molecular flexibility index (Phi) is 2.88. The minimum Gasteiger partial charge on any atom is -0.219 e. The van der Waals surface area contributed by atoms with Crippen LogP contribution in [0.4, 0.5) is 0 Å². The molecule has 0 aliphatic heterocycles. The highest BCUT2D eigenvalue weighted by atomic mass is 15.4. The highest BCUT2D eigenvalue weighted by molar-refractivity contribution is 6.24. The quantitative estimate of drug-likeness (QED) is 0.370. The smallest absolute Gasteiger partial charge is 0.113 e. The molecule has 0 saturated heterocycles. The van der Waals surface area contributed by atoms with Gasteiger partial charge in [0, 0.05) is 10.9 Å². The largest absolute Gasteiger partial charge is 0.219 e. The van der Waals surface area contributed by atoms with Gasteiger partial charge in [-0.15, -0.1) is 5.10 Å². The molecule has 0 N–H and O–H groups in total. The summed E-state index contributed by atoms with van der Waals surface area (Å²) >= 11 is 0. The van der Waals surface area contributed by atoms with Crippen molar-refractivity contribution in [1.29, 1.82) is 0 Å². The van der Waals surface area contributed by atoms with Crippen molar-refractivity contribution in [2.75, 3.05) is 0 Å². The summed E-state index contributed by atoms with van der Waals surface area (Å²) in [4.78, 5) is 0. The highest BCUT2D eigenvalue weighted by Crippen LogP contribution is 2.37. The first-order valence-electron chi connectivity index (χ1n) is 9.03. The Bertz CT molecular complexity index is 1400. The van der Waals surface area contributed by atoms with E-state index in [4.69, 9.17) is 0 Å². The first-order chi connectivity index (χ1) is 13.4. The molecule has 0 amide bonds. The summed E-state index contributed by atoms with van der Waals surface area (Å²) in [5.41, 5.74) is 3.00. The number of benzene rings is 5. The zero-order chi connectivity index (χ0) is 17.8. The molecular formula is C24H15N3. The van der Waals surface area contributed by atoms with Crippen molar-refractivity contribution < 1.29 is 0 Å². The van der Waals surface area contributed by atoms with Crippen LogP contribution in [0.25, 0.3) is 49.3 Å². The van der Waals surface area contributed by atoms with Crippen molar-refractivity contribution in [3.63, 3.8) is 0 Å². The van der Waals surface area contributed by atoms with E-state index < -0.39 is 0 Å². The molecular weight excluding hydrogens is 330 g/mol. The minimum atomic E-state index is 0.876. The maximum atomic E-state index is 4.41. The molecule has 5 aromatic carbocycles. The van der Waals surface area contributed by atoms with Crippen molar-refractivity contribution in [3.05, 3.63) is 91.1 Å². The molecule has 0 atom stereocenters. The molecule has 1 heterocycles. The van der Waals surface area contributed by atoms with Gasteiger partial charge < -0.3 is 0 Å². The Labute approximate surface area is 155 Å². The van der Waals surface area contributed by atoms with Crippen molar-refractivity contribution >= 4 is 32.3 Å². The van der Waals surface area contributed by atoms with E-state index in [1.165, 1.54) is 32.3 Å². The van der Waals surface area contributed by atoms with E-state index in [0.717, 1.165) is 16.9 Å². The number of nitrogens with zero attached hydrogens (tertiary/aromatic N) is 3. The Hall–Kier alpha value is -3.72. The molecule has 6 rings (SSSR count). The predicted octanol–water partition coefficient (Wildman–Crippen LogP) is 5.83. The molecule has 0 fully saturated rings. The highest BCUT2D eigenvalue weighted by Gasteiger charge is 2.13. The van der Waals surface area contributed by atoms with Gasteiger partial charge in [0.1, 0.15) is 5.69 Å². The molecule has 3 nitrogen and oxygen atoms in total. The molecule has 126 valence electrons. The average molecular weight is 345 g/mol. The van der Waals surface area contributed by atoms with Gasteiger partial charge >= 0.3 is 0 Å². The van der Waals surface area contributed by atoms with E-state index in [9.17, 15) is 0 Å². The van der Waals surface area contributed by atoms with E-state index in [1.54, 1.807) is 0 Å². The van der Waals surface area contributed by atoms with Crippen LogP contribution in [0.2, 0.25) is 0 Å². The van der Waals surface area contributed by atoms with Gasteiger partial charge in [-0.1, -0.05) is 84.1 Å². The first kappa shape index (κ1) is 14.4. The minimum absolute atomic E-state index is 0.876. The average Bonchev–Trinajstić information content (AvgIpc) is 3.23. The summed E-state index contributed by atoms with van der Waals surface area (Å²) in [7, 11) is 0. The van der Waals surface area contributed by atoms with E-state index in [0.29, 0.717) is 0 Å². The van der Waals surface area contributed by atoms with Crippen molar-refractivity contribution in [2.24, 2.45) is 0 Å². The summed E-state index contributed by atoms with van der Waals surface area (Å²) in [6, 6.07) is 29.7. The summed E-state index contributed by atoms with van der Waals surface area (Å²) in [6.07, 6.45) is 2.00. The molecule has 27 heavy (non-hydrogen) atoms. The fourth-order valence-electron chi connectivity index (χ4n) is 4.04. The molecule has 0 bridgehead atoms. The van der Waals surface area contributed by atoms with Crippen molar-refractivity contribution in [1.82, 2.24) is 15.0 Å². The zero-order valence-corrected chi connectivity index (χ0v) is 14.5. The van der Waals surface area contributed by atoms with Crippen LogP contribution in [0.3, 0.4) is 0 Å². The topological polar surface area (TPSA) is 30.7 Å². The third kappa shape index (κ3) is 2.09. The maximum Gasteiger partial charge on any atom is 0.113 e. The summed E-state index contributed by atoms with van der Waals surface area (Å²) < 4.78 is 1.88. The Morgan fingerprint density at radius 1 is 0.593 bits per heavy atom.